The maximum absolute atomic E-state index is 13.1. The molecule has 5 nitrogen and oxygen atoms in total. The molecule has 5 rings (SSSR count). The highest BCUT2D eigenvalue weighted by molar-refractivity contribution is 5.94. The summed E-state index contributed by atoms with van der Waals surface area (Å²) in [4.78, 5) is 4.40. The van der Waals surface area contributed by atoms with Gasteiger partial charge in [-0.2, -0.15) is 18.3 Å². The van der Waals surface area contributed by atoms with Crippen molar-refractivity contribution in [1.82, 2.24) is 19.7 Å². The molecule has 31 heavy (non-hydrogen) atoms. The number of ether oxygens (including phenoxy) is 1. The second-order valence-corrected chi connectivity index (χ2v) is 7.03. The van der Waals surface area contributed by atoms with Crippen LogP contribution in [-0.2, 0) is 13.2 Å². The molecular weight excluding hydrogens is 412 g/mol. The van der Waals surface area contributed by atoms with E-state index < -0.39 is 11.7 Å². The van der Waals surface area contributed by atoms with Crippen molar-refractivity contribution in [3.8, 4) is 23.0 Å². The lowest BCUT2D eigenvalue weighted by Crippen LogP contribution is -2.04. The molecule has 3 aromatic carbocycles. The lowest BCUT2D eigenvalue weighted by molar-refractivity contribution is -0.137. The van der Waals surface area contributed by atoms with Gasteiger partial charge in [0.25, 0.3) is 0 Å². The Hall–Kier alpha value is -3.88. The van der Waals surface area contributed by atoms with Crippen molar-refractivity contribution in [3.63, 3.8) is 0 Å². The first-order valence-corrected chi connectivity index (χ1v) is 9.25. The SMILES string of the molecule is Cn1c(-c2n[nH]c3ccc(Oc4ccc(F)cc4)cc23)nc2cc(C(F)(F)F)ccc21. The van der Waals surface area contributed by atoms with Gasteiger partial charge in [0, 0.05) is 12.4 Å². The van der Waals surface area contributed by atoms with Gasteiger partial charge in [0.05, 0.1) is 22.1 Å². The highest BCUT2D eigenvalue weighted by Gasteiger charge is 2.31. The molecule has 0 unspecified atom stereocenters. The van der Waals surface area contributed by atoms with Gasteiger partial charge in [0.15, 0.2) is 5.82 Å². The number of aromatic nitrogens is 4. The number of hydrogen-bond donors (Lipinski definition) is 1. The minimum absolute atomic E-state index is 0.224. The molecule has 0 saturated carbocycles. The Labute approximate surface area is 172 Å². The van der Waals surface area contributed by atoms with Gasteiger partial charge in [0.1, 0.15) is 23.0 Å². The van der Waals surface area contributed by atoms with E-state index in [1.165, 1.54) is 30.3 Å². The van der Waals surface area contributed by atoms with E-state index in [-0.39, 0.29) is 11.3 Å². The van der Waals surface area contributed by atoms with E-state index in [0.29, 0.717) is 39.4 Å². The molecule has 0 spiro atoms. The average molecular weight is 426 g/mol. The number of benzene rings is 3. The van der Waals surface area contributed by atoms with Gasteiger partial charge in [-0.1, -0.05) is 0 Å². The van der Waals surface area contributed by atoms with Crippen molar-refractivity contribution in [3.05, 3.63) is 72.0 Å². The number of nitrogens with zero attached hydrogens (tertiary/aromatic N) is 3. The third-order valence-electron chi connectivity index (χ3n) is 5.00. The molecule has 0 aliphatic rings. The Morgan fingerprint density at radius 2 is 1.68 bits per heavy atom. The molecule has 0 saturated heterocycles. The van der Waals surface area contributed by atoms with Gasteiger partial charge in [0.2, 0.25) is 0 Å². The Bertz CT molecular complexity index is 1420. The van der Waals surface area contributed by atoms with Crippen LogP contribution in [0, 0.1) is 5.82 Å². The van der Waals surface area contributed by atoms with E-state index in [4.69, 9.17) is 4.74 Å². The molecule has 156 valence electrons. The zero-order valence-electron chi connectivity index (χ0n) is 16.0. The Morgan fingerprint density at radius 1 is 0.935 bits per heavy atom. The van der Waals surface area contributed by atoms with Crippen LogP contribution < -0.4 is 4.74 Å². The number of nitrogens with one attached hydrogen (secondary N) is 1. The summed E-state index contributed by atoms with van der Waals surface area (Å²) < 4.78 is 59.8. The molecule has 0 bridgehead atoms. The summed E-state index contributed by atoms with van der Waals surface area (Å²) >= 11 is 0. The van der Waals surface area contributed by atoms with Gasteiger partial charge < -0.3 is 9.30 Å². The van der Waals surface area contributed by atoms with Crippen molar-refractivity contribution in [1.29, 1.82) is 0 Å². The van der Waals surface area contributed by atoms with Crippen LogP contribution >= 0.6 is 0 Å². The van der Waals surface area contributed by atoms with Gasteiger partial charge in [-0.05, 0) is 60.7 Å². The summed E-state index contributed by atoms with van der Waals surface area (Å²) in [5.41, 5.74) is 1.21. The smallest absolute Gasteiger partial charge is 0.416 e. The number of hydrogen-bond acceptors (Lipinski definition) is 3. The van der Waals surface area contributed by atoms with Gasteiger partial charge in [-0.25, -0.2) is 9.37 Å². The normalized spacial score (nSPS) is 12.0. The molecule has 0 amide bonds. The van der Waals surface area contributed by atoms with Crippen LogP contribution in [0.2, 0.25) is 0 Å². The first-order chi connectivity index (χ1) is 14.8. The zero-order valence-corrected chi connectivity index (χ0v) is 16.0. The van der Waals surface area contributed by atoms with E-state index in [1.54, 1.807) is 29.8 Å². The van der Waals surface area contributed by atoms with E-state index >= 15 is 0 Å². The van der Waals surface area contributed by atoms with Crippen LogP contribution in [0.4, 0.5) is 17.6 Å². The molecule has 0 aliphatic heterocycles. The molecule has 0 fully saturated rings. The second kappa shape index (κ2) is 6.83. The highest BCUT2D eigenvalue weighted by Crippen LogP contribution is 2.35. The fourth-order valence-electron chi connectivity index (χ4n) is 3.45. The molecule has 0 atom stereocenters. The fourth-order valence-corrected chi connectivity index (χ4v) is 3.45. The fraction of sp³-hybridized carbons (Fsp3) is 0.0909. The minimum atomic E-state index is -4.45. The number of fused-ring (bicyclic) bond motifs is 2. The molecule has 1 N–H and O–H groups in total. The van der Waals surface area contributed by atoms with Crippen molar-refractivity contribution in [2.75, 3.05) is 0 Å². The Balaban J connectivity index is 1.59. The van der Waals surface area contributed by atoms with E-state index in [0.717, 1.165) is 12.1 Å². The summed E-state index contributed by atoms with van der Waals surface area (Å²) in [7, 11) is 1.72. The highest BCUT2D eigenvalue weighted by atomic mass is 19.4. The first kappa shape index (κ1) is 19.1. The van der Waals surface area contributed by atoms with Crippen molar-refractivity contribution in [2.24, 2.45) is 7.05 Å². The number of alkyl halides is 3. The monoisotopic (exact) mass is 426 g/mol. The maximum atomic E-state index is 13.1. The maximum Gasteiger partial charge on any atom is 0.416 e. The zero-order chi connectivity index (χ0) is 21.8. The number of imidazole rings is 1. The van der Waals surface area contributed by atoms with Gasteiger partial charge in [-0.15, -0.1) is 0 Å². The van der Waals surface area contributed by atoms with Crippen LogP contribution in [0.1, 0.15) is 5.56 Å². The second-order valence-electron chi connectivity index (χ2n) is 7.03. The van der Waals surface area contributed by atoms with Crippen LogP contribution in [0.5, 0.6) is 11.5 Å². The molecule has 2 heterocycles. The van der Waals surface area contributed by atoms with Crippen molar-refractivity contribution in [2.45, 2.75) is 6.18 Å². The predicted octanol–water partition coefficient (Wildman–Crippen LogP) is 6.07. The standard InChI is InChI=1S/C22H14F4N4O/c1-30-19-9-2-12(22(24,25)26)10-18(19)27-21(30)20-16-11-15(7-8-17(16)28-29-20)31-14-5-3-13(23)4-6-14/h2-11H,1H3,(H,28,29). The molecule has 9 heteroatoms. The third-order valence-corrected chi connectivity index (χ3v) is 5.00. The predicted molar refractivity (Wildman–Crippen MR) is 107 cm³/mol. The van der Waals surface area contributed by atoms with Crippen molar-refractivity contribution < 1.29 is 22.3 Å². The molecule has 0 radical (unpaired) electrons. The minimum Gasteiger partial charge on any atom is -0.457 e. The number of aryl methyl sites for hydroxylation is 1. The summed E-state index contributed by atoms with van der Waals surface area (Å²) in [6.07, 6.45) is -4.45. The average Bonchev–Trinajstić information content (AvgIpc) is 3.29. The van der Waals surface area contributed by atoms with Gasteiger partial charge in [-0.3, -0.25) is 5.10 Å². The Morgan fingerprint density at radius 3 is 2.42 bits per heavy atom. The van der Waals surface area contributed by atoms with Crippen LogP contribution in [0.3, 0.4) is 0 Å². The summed E-state index contributed by atoms with van der Waals surface area (Å²) in [6.45, 7) is 0. The number of rotatable bonds is 3. The van der Waals surface area contributed by atoms with Crippen LogP contribution in [0.25, 0.3) is 33.5 Å². The van der Waals surface area contributed by atoms with Crippen LogP contribution in [-0.4, -0.2) is 19.7 Å². The quantitative estimate of drug-likeness (QED) is 0.357. The van der Waals surface area contributed by atoms with Crippen molar-refractivity contribution >= 4 is 21.9 Å². The molecular formula is C22H14F4N4O. The molecule has 2 aromatic heterocycles. The summed E-state index contributed by atoms with van der Waals surface area (Å²) in [5.74, 6) is 1.02. The van der Waals surface area contributed by atoms with Gasteiger partial charge >= 0.3 is 6.18 Å². The Kier molecular flexibility index (Phi) is 4.21. The summed E-state index contributed by atoms with van der Waals surface area (Å²) in [5, 5.41) is 7.91. The summed E-state index contributed by atoms with van der Waals surface area (Å²) in [6, 6.07) is 14.3. The number of H-pyrrole nitrogens is 1. The first-order valence-electron chi connectivity index (χ1n) is 9.25. The van der Waals surface area contributed by atoms with E-state index in [9.17, 15) is 17.6 Å². The topological polar surface area (TPSA) is 55.7 Å². The number of aromatic amines is 1. The van der Waals surface area contributed by atoms with E-state index in [1.807, 2.05) is 0 Å². The lowest BCUT2D eigenvalue weighted by atomic mass is 10.2. The lowest BCUT2D eigenvalue weighted by Gasteiger charge is -2.06. The van der Waals surface area contributed by atoms with E-state index in [2.05, 4.69) is 15.2 Å². The largest absolute Gasteiger partial charge is 0.457 e. The van der Waals surface area contributed by atoms with Crippen LogP contribution in [0.15, 0.2) is 60.7 Å². The molecule has 0 aliphatic carbocycles. The third kappa shape index (κ3) is 3.37. The number of halogens is 4. The molecule has 5 aromatic rings.